The Bertz CT molecular complexity index is 404. The Balaban J connectivity index is 1.74. The van der Waals surface area contributed by atoms with E-state index in [1.807, 2.05) is 7.05 Å². The molecule has 2 rings (SSSR count). The normalized spacial score (nSPS) is 21.2. The molecule has 2 heteroatoms. The van der Waals surface area contributed by atoms with Crippen LogP contribution in [-0.4, -0.2) is 19.8 Å². The summed E-state index contributed by atoms with van der Waals surface area (Å²) < 4.78 is 6.19. The summed E-state index contributed by atoms with van der Waals surface area (Å²) in [6.07, 6.45) is 10.6. The van der Waals surface area contributed by atoms with Gasteiger partial charge in [0.15, 0.2) is 0 Å². The van der Waals surface area contributed by atoms with Gasteiger partial charge in [0.25, 0.3) is 0 Å². The number of rotatable bonds is 9. The molecule has 118 valence electrons. The van der Waals surface area contributed by atoms with Gasteiger partial charge >= 0.3 is 0 Å². The van der Waals surface area contributed by atoms with Crippen LogP contribution in [0.15, 0.2) is 24.3 Å². The molecule has 0 spiro atoms. The number of aryl methyl sites for hydroxylation is 1. The van der Waals surface area contributed by atoms with E-state index in [4.69, 9.17) is 4.74 Å². The zero-order chi connectivity index (χ0) is 14.9. The number of benzene rings is 1. The van der Waals surface area contributed by atoms with E-state index in [0.29, 0.717) is 12.1 Å². The molecule has 21 heavy (non-hydrogen) atoms. The first-order chi connectivity index (χ1) is 10.4. The van der Waals surface area contributed by atoms with Crippen molar-refractivity contribution in [2.24, 2.45) is 0 Å². The summed E-state index contributed by atoms with van der Waals surface area (Å²) in [7, 11) is 2.05. The van der Waals surface area contributed by atoms with Gasteiger partial charge in [-0.05, 0) is 37.4 Å². The summed E-state index contributed by atoms with van der Waals surface area (Å²) in [5, 5.41) is 3.45. The highest BCUT2D eigenvalue weighted by Crippen LogP contribution is 2.31. The highest BCUT2D eigenvalue weighted by molar-refractivity contribution is 5.33. The van der Waals surface area contributed by atoms with Crippen molar-refractivity contribution in [3.05, 3.63) is 35.4 Å². The van der Waals surface area contributed by atoms with Gasteiger partial charge in [-0.15, -0.1) is 0 Å². The van der Waals surface area contributed by atoms with Crippen molar-refractivity contribution >= 4 is 0 Å². The van der Waals surface area contributed by atoms with Crippen LogP contribution in [-0.2, 0) is 11.2 Å². The van der Waals surface area contributed by atoms with E-state index in [0.717, 1.165) is 19.4 Å². The minimum atomic E-state index is 0.334. The van der Waals surface area contributed by atoms with Crippen LogP contribution in [0.5, 0.6) is 0 Å². The Kier molecular flexibility index (Phi) is 7.25. The van der Waals surface area contributed by atoms with Gasteiger partial charge in [0.2, 0.25) is 0 Å². The summed E-state index contributed by atoms with van der Waals surface area (Å²) in [5.41, 5.74) is 2.91. The van der Waals surface area contributed by atoms with Crippen molar-refractivity contribution in [1.29, 1.82) is 0 Å². The number of nitrogens with one attached hydrogen (secondary N) is 1. The standard InChI is InChI=1S/C19H31NO/c1-3-4-5-6-7-10-15-21-18-14-13-16-11-8-9-12-17(16)19(18)20-2/h8-9,11-12,18-20H,3-7,10,13-15H2,1-2H3. The summed E-state index contributed by atoms with van der Waals surface area (Å²) in [6.45, 7) is 3.18. The minimum Gasteiger partial charge on any atom is -0.376 e. The SMILES string of the molecule is CCCCCCCCOC1CCc2ccccc2C1NC. The van der Waals surface area contributed by atoms with Crippen molar-refractivity contribution in [3.8, 4) is 0 Å². The Morgan fingerprint density at radius 2 is 1.86 bits per heavy atom. The molecule has 2 unspecified atom stereocenters. The van der Waals surface area contributed by atoms with Gasteiger partial charge in [0.05, 0.1) is 12.1 Å². The first-order valence-electron chi connectivity index (χ1n) is 8.73. The second kappa shape index (κ2) is 9.22. The fourth-order valence-corrected chi connectivity index (χ4v) is 3.37. The second-order valence-electron chi connectivity index (χ2n) is 6.18. The van der Waals surface area contributed by atoms with Crippen LogP contribution < -0.4 is 5.32 Å². The fraction of sp³-hybridized carbons (Fsp3) is 0.684. The largest absolute Gasteiger partial charge is 0.376 e. The molecule has 0 amide bonds. The van der Waals surface area contributed by atoms with E-state index < -0.39 is 0 Å². The third-order valence-electron chi connectivity index (χ3n) is 4.60. The molecular formula is C19H31NO. The number of hydrogen-bond acceptors (Lipinski definition) is 2. The lowest BCUT2D eigenvalue weighted by atomic mass is 9.85. The Labute approximate surface area is 130 Å². The smallest absolute Gasteiger partial charge is 0.0772 e. The van der Waals surface area contributed by atoms with Crippen LogP contribution in [0.4, 0.5) is 0 Å². The lowest BCUT2D eigenvalue weighted by Crippen LogP contribution is -2.36. The minimum absolute atomic E-state index is 0.334. The average Bonchev–Trinajstić information content (AvgIpc) is 2.53. The molecule has 1 aromatic carbocycles. The van der Waals surface area contributed by atoms with E-state index in [2.05, 4.69) is 36.5 Å². The second-order valence-corrected chi connectivity index (χ2v) is 6.18. The van der Waals surface area contributed by atoms with Crippen LogP contribution in [0.25, 0.3) is 0 Å². The maximum atomic E-state index is 6.19. The number of unbranched alkanes of at least 4 members (excludes halogenated alkanes) is 5. The number of fused-ring (bicyclic) bond motifs is 1. The highest BCUT2D eigenvalue weighted by atomic mass is 16.5. The van der Waals surface area contributed by atoms with Crippen LogP contribution in [0.1, 0.15) is 69.0 Å². The summed E-state index contributed by atoms with van der Waals surface area (Å²) >= 11 is 0. The molecule has 0 bridgehead atoms. The molecule has 1 aliphatic rings. The van der Waals surface area contributed by atoms with Crippen LogP contribution in [0.3, 0.4) is 0 Å². The van der Waals surface area contributed by atoms with Crippen molar-refractivity contribution < 1.29 is 4.74 Å². The molecule has 0 aromatic heterocycles. The molecule has 0 saturated heterocycles. The Hall–Kier alpha value is -0.860. The molecule has 2 nitrogen and oxygen atoms in total. The number of hydrogen-bond donors (Lipinski definition) is 1. The topological polar surface area (TPSA) is 21.3 Å². The maximum absolute atomic E-state index is 6.19. The average molecular weight is 289 g/mol. The number of ether oxygens (including phenoxy) is 1. The third-order valence-corrected chi connectivity index (χ3v) is 4.60. The molecule has 2 atom stereocenters. The van der Waals surface area contributed by atoms with E-state index in [9.17, 15) is 0 Å². The zero-order valence-electron chi connectivity index (χ0n) is 13.7. The van der Waals surface area contributed by atoms with Crippen LogP contribution >= 0.6 is 0 Å². The van der Waals surface area contributed by atoms with Gasteiger partial charge in [-0.3, -0.25) is 0 Å². The van der Waals surface area contributed by atoms with Gasteiger partial charge in [-0.2, -0.15) is 0 Å². The van der Waals surface area contributed by atoms with E-state index in [1.165, 1.54) is 49.7 Å². The van der Waals surface area contributed by atoms with Gasteiger partial charge in [0.1, 0.15) is 0 Å². The van der Waals surface area contributed by atoms with Gasteiger partial charge < -0.3 is 10.1 Å². The van der Waals surface area contributed by atoms with Crippen LogP contribution in [0.2, 0.25) is 0 Å². The quantitative estimate of drug-likeness (QED) is 0.669. The predicted octanol–water partition coefficient (Wildman–Crippen LogP) is 4.64. The predicted molar refractivity (Wildman–Crippen MR) is 89.7 cm³/mol. The van der Waals surface area contributed by atoms with Crippen molar-refractivity contribution in [2.75, 3.05) is 13.7 Å². The lowest BCUT2D eigenvalue weighted by molar-refractivity contribution is 0.0154. The molecule has 1 aliphatic carbocycles. The first-order valence-corrected chi connectivity index (χ1v) is 8.73. The highest BCUT2D eigenvalue weighted by Gasteiger charge is 2.28. The lowest BCUT2D eigenvalue weighted by Gasteiger charge is -2.33. The van der Waals surface area contributed by atoms with Gasteiger partial charge in [0, 0.05) is 6.61 Å². The summed E-state index contributed by atoms with van der Waals surface area (Å²) in [5.74, 6) is 0. The molecule has 0 saturated carbocycles. The summed E-state index contributed by atoms with van der Waals surface area (Å²) in [6, 6.07) is 9.14. The molecule has 1 aromatic rings. The maximum Gasteiger partial charge on any atom is 0.0772 e. The fourth-order valence-electron chi connectivity index (χ4n) is 3.37. The molecule has 0 radical (unpaired) electrons. The van der Waals surface area contributed by atoms with E-state index in [1.54, 1.807) is 0 Å². The zero-order valence-corrected chi connectivity index (χ0v) is 13.7. The van der Waals surface area contributed by atoms with Gasteiger partial charge in [-0.25, -0.2) is 0 Å². The van der Waals surface area contributed by atoms with E-state index in [-0.39, 0.29) is 0 Å². The first kappa shape index (κ1) is 16.5. The Morgan fingerprint density at radius 1 is 1.10 bits per heavy atom. The monoisotopic (exact) mass is 289 g/mol. The molecule has 0 heterocycles. The van der Waals surface area contributed by atoms with Crippen molar-refractivity contribution in [3.63, 3.8) is 0 Å². The molecule has 0 fully saturated rings. The molecule has 1 N–H and O–H groups in total. The molecule has 0 aliphatic heterocycles. The van der Waals surface area contributed by atoms with E-state index >= 15 is 0 Å². The number of likely N-dealkylation sites (N-methyl/N-ethyl adjacent to an activating group) is 1. The Morgan fingerprint density at radius 3 is 2.67 bits per heavy atom. The van der Waals surface area contributed by atoms with Crippen molar-refractivity contribution in [1.82, 2.24) is 5.32 Å². The third kappa shape index (κ3) is 4.82. The van der Waals surface area contributed by atoms with Crippen molar-refractivity contribution in [2.45, 2.75) is 70.4 Å². The van der Waals surface area contributed by atoms with Gasteiger partial charge in [-0.1, -0.05) is 63.3 Å². The van der Waals surface area contributed by atoms with Crippen LogP contribution in [0, 0.1) is 0 Å². The summed E-state index contributed by atoms with van der Waals surface area (Å²) in [4.78, 5) is 0. The molecular weight excluding hydrogens is 258 g/mol.